The van der Waals surface area contributed by atoms with Crippen LogP contribution in [0.1, 0.15) is 6.99 Å². The lowest BCUT2D eigenvalue weighted by Crippen LogP contribution is -1.66. The predicted octanol–water partition coefficient (Wildman–Crippen LogP) is 2.15. The van der Waals surface area contributed by atoms with Crippen molar-refractivity contribution >= 4 is 10.9 Å². The van der Waals surface area contributed by atoms with Gasteiger partial charge in [-0.1, -0.05) is 18.2 Å². The van der Waals surface area contributed by atoms with E-state index >= 15 is 0 Å². The number of aromatic amines is 1. The highest BCUT2D eigenvalue weighted by molar-refractivity contribution is 5.85. The molecule has 0 bridgehead atoms. The Balaban J connectivity index is 0.000000720. The average molecular weight is 143 g/mol. The van der Waals surface area contributed by atoms with E-state index < -0.39 is 0 Å². The van der Waals surface area contributed by atoms with Crippen LogP contribution < -0.4 is 0 Å². The molecule has 0 spiro atoms. The molecule has 1 N–H and O–H groups in total. The molecule has 2 nitrogen and oxygen atoms in total. The molecule has 0 unspecified atom stereocenters. The highest BCUT2D eigenvalue weighted by Gasteiger charge is 1.98. The first kappa shape index (κ1) is 5.99. The highest BCUT2D eigenvalue weighted by atomic mass is 14.7. The molecule has 1 heterocycles. The van der Waals surface area contributed by atoms with Crippen molar-refractivity contribution < 1.29 is 1.43 Å². The number of para-hydroxylation sites is 1. The zero-order valence-electron chi connectivity index (χ0n) is 6.83. The molecule has 2 aromatic rings. The number of benzene rings is 1. The zero-order chi connectivity index (χ0) is 7.68. The molecule has 1 aromatic carbocycles. The van der Waals surface area contributed by atoms with Crippen LogP contribution in [0.5, 0.6) is 0 Å². The molecule has 0 radical (unpaired) electrons. The van der Waals surface area contributed by atoms with Gasteiger partial charge in [0.2, 0.25) is 0 Å². The fourth-order valence-electron chi connectivity index (χ4n) is 1.16. The Morgan fingerprint density at radius 2 is 2.18 bits per heavy atom. The lowest BCUT2D eigenvalue weighted by Gasteiger charge is -1.85. The summed E-state index contributed by atoms with van der Waals surface area (Å²) in [5.41, 5.74) is 1.73. The topological polar surface area (TPSA) is 39.6 Å². The summed E-state index contributed by atoms with van der Waals surface area (Å²) >= 11 is 0. The first-order valence-corrected chi connectivity index (χ1v) is 3.38. The summed E-state index contributed by atoms with van der Waals surface area (Å²) < 4.78 is 0. The molecule has 52 valence electrons. The number of hydrogen-bond donors (Lipinski definition) is 1. The fraction of sp³-hybridized carbons (Fsp3) is 0. The fourth-order valence-corrected chi connectivity index (χ4v) is 1.16. The van der Waals surface area contributed by atoms with Crippen LogP contribution in [0.2, 0.25) is 0 Å². The van der Waals surface area contributed by atoms with Crippen LogP contribution in [0.25, 0.3) is 10.9 Å². The third-order valence-corrected chi connectivity index (χ3v) is 1.71. The van der Waals surface area contributed by atoms with Crippen molar-refractivity contribution in [3.05, 3.63) is 36.0 Å². The summed E-state index contributed by atoms with van der Waals surface area (Å²) in [6.45, 7) is 0. The van der Waals surface area contributed by atoms with E-state index in [0.717, 1.165) is 10.9 Å². The summed E-state index contributed by atoms with van der Waals surface area (Å²) in [7, 11) is 0. The van der Waals surface area contributed by atoms with Gasteiger partial charge in [0.25, 0.3) is 0 Å². The number of hydrogen-bond acceptors (Lipinski definition) is 1. The van der Waals surface area contributed by atoms with Crippen molar-refractivity contribution in [3.63, 3.8) is 0 Å². The summed E-state index contributed by atoms with van der Waals surface area (Å²) in [4.78, 5) is 3.02. The third kappa shape index (κ3) is 0.786. The SMILES string of the molecule is N#Cc1c[nH]c2ccccc12.[H+]. The molecule has 0 aliphatic rings. The second-order valence-electron chi connectivity index (χ2n) is 2.36. The van der Waals surface area contributed by atoms with E-state index in [1.54, 1.807) is 6.20 Å². The predicted molar refractivity (Wildman–Crippen MR) is 44.1 cm³/mol. The molecule has 0 aliphatic heterocycles. The largest absolute Gasteiger partial charge is 1.00 e. The van der Waals surface area contributed by atoms with E-state index in [1.165, 1.54) is 0 Å². The molecule has 2 heteroatoms. The number of nitrogens with one attached hydrogen (secondary N) is 1. The number of aromatic nitrogens is 1. The van der Waals surface area contributed by atoms with Crippen molar-refractivity contribution in [2.24, 2.45) is 0 Å². The van der Waals surface area contributed by atoms with Gasteiger partial charge in [0.15, 0.2) is 0 Å². The van der Waals surface area contributed by atoms with Crippen molar-refractivity contribution in [3.8, 4) is 6.07 Å². The maximum atomic E-state index is 8.65. The van der Waals surface area contributed by atoms with Gasteiger partial charge < -0.3 is 4.98 Å². The minimum Gasteiger partial charge on any atom is -0.360 e. The first-order valence-electron chi connectivity index (χ1n) is 3.38. The third-order valence-electron chi connectivity index (χ3n) is 1.71. The standard InChI is InChI=1S/C9H6N2/c10-5-7-6-11-9-4-2-1-3-8(7)9/h1-4,6,11H/p+1. The summed E-state index contributed by atoms with van der Waals surface area (Å²) in [6.07, 6.45) is 1.73. The number of nitriles is 1. The van der Waals surface area contributed by atoms with Crippen molar-refractivity contribution in [1.29, 1.82) is 5.26 Å². The monoisotopic (exact) mass is 143 g/mol. The van der Waals surface area contributed by atoms with Gasteiger partial charge in [0, 0.05) is 17.1 Å². The lowest BCUT2D eigenvalue weighted by atomic mass is 10.2. The van der Waals surface area contributed by atoms with Gasteiger partial charge in [-0.3, -0.25) is 0 Å². The lowest BCUT2D eigenvalue weighted by molar-refractivity contribution is 1.45. The number of H-pyrrole nitrogens is 1. The molecule has 0 saturated carbocycles. The van der Waals surface area contributed by atoms with Crippen LogP contribution in [-0.2, 0) is 0 Å². The van der Waals surface area contributed by atoms with Gasteiger partial charge in [0.1, 0.15) is 6.07 Å². The molecule has 0 fully saturated rings. The molecule has 2 rings (SSSR count). The van der Waals surface area contributed by atoms with Gasteiger partial charge in [-0.2, -0.15) is 5.26 Å². The van der Waals surface area contributed by atoms with Gasteiger partial charge in [-0.15, -0.1) is 0 Å². The van der Waals surface area contributed by atoms with E-state index in [4.69, 9.17) is 5.26 Å². The Hall–Kier alpha value is -1.75. The van der Waals surface area contributed by atoms with Gasteiger partial charge in [0.05, 0.1) is 5.56 Å². The highest BCUT2D eigenvalue weighted by Crippen LogP contribution is 2.15. The second-order valence-corrected chi connectivity index (χ2v) is 2.36. The normalized spacial score (nSPS) is 9.73. The van der Waals surface area contributed by atoms with E-state index in [1.807, 2.05) is 24.3 Å². The number of fused-ring (bicyclic) bond motifs is 1. The Bertz CT molecular complexity index is 425. The van der Waals surface area contributed by atoms with Crippen molar-refractivity contribution in [2.75, 3.05) is 0 Å². The molecule has 0 amide bonds. The Kier molecular flexibility index (Phi) is 1.16. The second kappa shape index (κ2) is 2.14. The van der Waals surface area contributed by atoms with E-state index in [2.05, 4.69) is 11.1 Å². The van der Waals surface area contributed by atoms with Crippen LogP contribution >= 0.6 is 0 Å². The summed E-state index contributed by atoms with van der Waals surface area (Å²) in [5.74, 6) is 0. The molecular formula is C9H7N2+. The number of nitrogens with zero attached hydrogens (tertiary/aromatic N) is 1. The van der Waals surface area contributed by atoms with Crippen LogP contribution in [0.15, 0.2) is 30.5 Å². The molecule has 11 heavy (non-hydrogen) atoms. The van der Waals surface area contributed by atoms with Crippen LogP contribution in [0.3, 0.4) is 0 Å². The van der Waals surface area contributed by atoms with Crippen LogP contribution in [0.4, 0.5) is 0 Å². The summed E-state index contributed by atoms with van der Waals surface area (Å²) in [5, 5.41) is 9.65. The minimum absolute atomic E-state index is 0. The van der Waals surface area contributed by atoms with E-state index in [-0.39, 0.29) is 1.43 Å². The molecule has 0 aliphatic carbocycles. The average Bonchev–Trinajstić information content (AvgIpc) is 2.47. The van der Waals surface area contributed by atoms with Crippen molar-refractivity contribution in [1.82, 2.24) is 4.98 Å². The number of rotatable bonds is 0. The van der Waals surface area contributed by atoms with E-state index in [0.29, 0.717) is 5.56 Å². The molecule has 0 atom stereocenters. The smallest absolute Gasteiger partial charge is 0.360 e. The van der Waals surface area contributed by atoms with Crippen molar-refractivity contribution in [2.45, 2.75) is 0 Å². The van der Waals surface area contributed by atoms with Gasteiger partial charge in [-0.05, 0) is 6.07 Å². The maximum Gasteiger partial charge on any atom is 1.00 e. The summed E-state index contributed by atoms with van der Waals surface area (Å²) in [6, 6.07) is 9.88. The van der Waals surface area contributed by atoms with Gasteiger partial charge >= 0.3 is 1.43 Å². The minimum atomic E-state index is 0. The molecule has 1 aromatic heterocycles. The zero-order valence-corrected chi connectivity index (χ0v) is 5.83. The quantitative estimate of drug-likeness (QED) is 0.603. The Morgan fingerprint density at radius 1 is 1.36 bits per heavy atom. The molecule has 0 saturated heterocycles. The Morgan fingerprint density at radius 3 is 3.00 bits per heavy atom. The van der Waals surface area contributed by atoms with Gasteiger partial charge in [-0.25, -0.2) is 0 Å². The van der Waals surface area contributed by atoms with Crippen LogP contribution in [-0.4, -0.2) is 4.98 Å². The van der Waals surface area contributed by atoms with E-state index in [9.17, 15) is 0 Å². The first-order chi connectivity index (χ1) is 5.42. The molecular weight excluding hydrogens is 136 g/mol. The van der Waals surface area contributed by atoms with Crippen LogP contribution in [0, 0.1) is 11.3 Å². The maximum absolute atomic E-state index is 8.65. The Labute approximate surface area is 65.6 Å².